The molecule has 0 aromatic carbocycles. The van der Waals surface area contributed by atoms with Gasteiger partial charge in [-0.05, 0) is 24.2 Å². The lowest BCUT2D eigenvalue weighted by Crippen LogP contribution is -2.66. The van der Waals surface area contributed by atoms with Crippen LogP contribution in [0.3, 0.4) is 0 Å². The van der Waals surface area contributed by atoms with Gasteiger partial charge in [-0.25, -0.2) is 0 Å². The minimum atomic E-state index is -0.411. The van der Waals surface area contributed by atoms with Gasteiger partial charge < -0.3 is 10.2 Å². The summed E-state index contributed by atoms with van der Waals surface area (Å²) in [4.78, 5) is 26.8. The van der Waals surface area contributed by atoms with E-state index in [1.165, 1.54) is 0 Å². The molecule has 0 radical (unpaired) electrons. The van der Waals surface area contributed by atoms with Crippen molar-refractivity contribution in [1.82, 2.24) is 10.2 Å². The first-order chi connectivity index (χ1) is 9.22. The second-order valence-corrected chi connectivity index (χ2v) is 7.12. The van der Waals surface area contributed by atoms with Crippen molar-refractivity contribution >= 4 is 11.8 Å². The quantitative estimate of drug-likeness (QED) is 0.842. The molecular formula is C16H30N2O2. The van der Waals surface area contributed by atoms with Crippen LogP contribution >= 0.6 is 0 Å². The maximum atomic E-state index is 12.7. The van der Waals surface area contributed by atoms with Crippen LogP contribution in [-0.2, 0) is 9.59 Å². The average Bonchev–Trinajstić information content (AvgIpc) is 2.32. The molecule has 20 heavy (non-hydrogen) atoms. The zero-order chi connectivity index (χ0) is 15.5. The molecule has 0 aromatic heterocycles. The molecule has 0 aliphatic carbocycles. The van der Waals surface area contributed by atoms with Gasteiger partial charge in [-0.2, -0.15) is 0 Å². The van der Waals surface area contributed by atoms with Crippen molar-refractivity contribution in [2.75, 3.05) is 6.54 Å². The number of rotatable bonds is 5. The summed E-state index contributed by atoms with van der Waals surface area (Å²) >= 11 is 0. The largest absolute Gasteiger partial charge is 0.342 e. The summed E-state index contributed by atoms with van der Waals surface area (Å²) < 4.78 is 0. The van der Waals surface area contributed by atoms with E-state index in [0.717, 1.165) is 12.8 Å². The van der Waals surface area contributed by atoms with Gasteiger partial charge in [0.2, 0.25) is 11.8 Å². The van der Waals surface area contributed by atoms with E-state index in [2.05, 4.69) is 19.2 Å². The van der Waals surface area contributed by atoms with Crippen molar-refractivity contribution in [3.63, 3.8) is 0 Å². The summed E-state index contributed by atoms with van der Waals surface area (Å²) in [6.45, 7) is 12.9. The van der Waals surface area contributed by atoms with Gasteiger partial charge in [0.15, 0.2) is 0 Å². The maximum Gasteiger partial charge on any atom is 0.246 e. The molecule has 0 bridgehead atoms. The number of piperazine rings is 1. The predicted molar refractivity (Wildman–Crippen MR) is 81.2 cm³/mol. The van der Waals surface area contributed by atoms with Gasteiger partial charge in [0.1, 0.15) is 12.1 Å². The maximum absolute atomic E-state index is 12.7. The van der Waals surface area contributed by atoms with Crippen molar-refractivity contribution in [2.24, 2.45) is 11.3 Å². The Bertz CT molecular complexity index is 360. The van der Waals surface area contributed by atoms with Gasteiger partial charge >= 0.3 is 0 Å². The molecule has 1 heterocycles. The molecule has 4 nitrogen and oxygen atoms in total. The van der Waals surface area contributed by atoms with Crippen LogP contribution in [0, 0.1) is 11.3 Å². The van der Waals surface area contributed by atoms with Crippen LogP contribution < -0.4 is 5.32 Å². The number of nitrogens with one attached hydrogen (secondary N) is 1. The molecule has 1 aliphatic rings. The summed E-state index contributed by atoms with van der Waals surface area (Å²) in [5.41, 5.74) is -0.252. The van der Waals surface area contributed by atoms with E-state index in [1.54, 1.807) is 0 Å². The predicted octanol–water partition coefficient (Wildman–Crippen LogP) is 2.57. The number of hydrogen-bond donors (Lipinski definition) is 1. The lowest BCUT2D eigenvalue weighted by molar-refractivity contribution is -0.153. The molecule has 1 fully saturated rings. The van der Waals surface area contributed by atoms with E-state index in [9.17, 15) is 9.59 Å². The molecule has 4 heteroatoms. The van der Waals surface area contributed by atoms with E-state index < -0.39 is 6.04 Å². The molecule has 1 rings (SSSR count). The molecule has 1 saturated heterocycles. The van der Waals surface area contributed by atoms with Crippen molar-refractivity contribution < 1.29 is 9.59 Å². The van der Waals surface area contributed by atoms with Crippen LogP contribution in [-0.4, -0.2) is 35.3 Å². The lowest BCUT2D eigenvalue weighted by Gasteiger charge is -2.44. The van der Waals surface area contributed by atoms with Crippen LogP contribution in [0.5, 0.6) is 0 Å². The van der Waals surface area contributed by atoms with Gasteiger partial charge in [-0.1, -0.05) is 48.0 Å². The Morgan fingerprint density at radius 3 is 2.30 bits per heavy atom. The topological polar surface area (TPSA) is 49.4 Å². The third-order valence-corrected chi connectivity index (χ3v) is 4.04. The van der Waals surface area contributed by atoms with Crippen LogP contribution in [0.15, 0.2) is 0 Å². The molecule has 1 aliphatic heterocycles. The van der Waals surface area contributed by atoms with E-state index in [4.69, 9.17) is 0 Å². The highest BCUT2D eigenvalue weighted by molar-refractivity contribution is 5.97. The number of nitrogens with zero attached hydrogens (tertiary/aromatic N) is 1. The summed E-state index contributed by atoms with van der Waals surface area (Å²) in [6, 6.07) is -0.716. The molecule has 3 unspecified atom stereocenters. The summed E-state index contributed by atoms with van der Waals surface area (Å²) in [6.07, 6.45) is 2.87. The lowest BCUT2D eigenvalue weighted by atomic mass is 9.83. The third kappa shape index (κ3) is 3.74. The van der Waals surface area contributed by atoms with Gasteiger partial charge in [-0.15, -0.1) is 0 Å². The zero-order valence-corrected chi connectivity index (χ0v) is 13.8. The Morgan fingerprint density at radius 1 is 1.25 bits per heavy atom. The Labute approximate surface area is 123 Å². The van der Waals surface area contributed by atoms with Crippen molar-refractivity contribution in [2.45, 2.75) is 72.9 Å². The van der Waals surface area contributed by atoms with E-state index in [0.29, 0.717) is 18.9 Å². The van der Waals surface area contributed by atoms with Crippen LogP contribution in [0.2, 0.25) is 0 Å². The van der Waals surface area contributed by atoms with E-state index >= 15 is 0 Å². The highest BCUT2D eigenvalue weighted by Gasteiger charge is 2.44. The first-order valence-electron chi connectivity index (χ1n) is 7.83. The Morgan fingerprint density at radius 2 is 1.85 bits per heavy atom. The summed E-state index contributed by atoms with van der Waals surface area (Å²) in [5.74, 6) is 0.507. The second kappa shape index (κ2) is 6.59. The standard InChI is InChI=1S/C16H30N2O2/c1-7-9-11(3)10-18-12(8-2)14(19)17-13(15(18)20)16(4,5)6/h11-13H,7-10H2,1-6H3,(H,17,19). The molecule has 3 atom stereocenters. The Kier molecular flexibility index (Phi) is 5.60. The fourth-order valence-corrected chi connectivity index (χ4v) is 2.89. The van der Waals surface area contributed by atoms with Crippen LogP contribution in [0.1, 0.15) is 60.8 Å². The van der Waals surface area contributed by atoms with Crippen molar-refractivity contribution in [3.8, 4) is 0 Å². The highest BCUT2D eigenvalue weighted by atomic mass is 16.2. The fraction of sp³-hybridized carbons (Fsp3) is 0.875. The number of hydrogen-bond acceptors (Lipinski definition) is 2. The van der Waals surface area contributed by atoms with Gasteiger partial charge in [0, 0.05) is 6.54 Å². The van der Waals surface area contributed by atoms with E-state index in [-0.39, 0.29) is 23.3 Å². The first-order valence-corrected chi connectivity index (χ1v) is 7.83. The second-order valence-electron chi connectivity index (χ2n) is 7.12. The van der Waals surface area contributed by atoms with Gasteiger partial charge in [0.05, 0.1) is 0 Å². The first kappa shape index (κ1) is 17.0. The highest BCUT2D eigenvalue weighted by Crippen LogP contribution is 2.27. The summed E-state index contributed by atoms with van der Waals surface area (Å²) in [7, 11) is 0. The fourth-order valence-electron chi connectivity index (χ4n) is 2.89. The van der Waals surface area contributed by atoms with Gasteiger partial charge in [0.25, 0.3) is 0 Å². The Hall–Kier alpha value is -1.06. The molecule has 116 valence electrons. The Balaban J connectivity index is 2.95. The van der Waals surface area contributed by atoms with Crippen molar-refractivity contribution in [3.05, 3.63) is 0 Å². The summed E-state index contributed by atoms with van der Waals surface area (Å²) in [5, 5.41) is 2.91. The molecule has 1 N–H and O–H groups in total. The number of carbonyl (C=O) groups excluding carboxylic acids is 2. The zero-order valence-electron chi connectivity index (χ0n) is 13.8. The van der Waals surface area contributed by atoms with Crippen LogP contribution in [0.25, 0.3) is 0 Å². The number of carbonyl (C=O) groups is 2. The molecule has 2 amide bonds. The molecule has 0 spiro atoms. The SMILES string of the molecule is CCCC(C)CN1C(=O)C(C(C)(C)C)NC(=O)C1CC. The number of amides is 2. The molecular weight excluding hydrogens is 252 g/mol. The molecule has 0 saturated carbocycles. The third-order valence-electron chi connectivity index (χ3n) is 4.04. The normalized spacial score (nSPS) is 25.6. The minimum Gasteiger partial charge on any atom is -0.342 e. The van der Waals surface area contributed by atoms with Gasteiger partial charge in [-0.3, -0.25) is 9.59 Å². The van der Waals surface area contributed by atoms with E-state index in [1.807, 2.05) is 32.6 Å². The van der Waals surface area contributed by atoms with Crippen LogP contribution in [0.4, 0.5) is 0 Å². The monoisotopic (exact) mass is 282 g/mol. The molecule has 0 aromatic rings. The average molecular weight is 282 g/mol. The smallest absolute Gasteiger partial charge is 0.246 e. The van der Waals surface area contributed by atoms with Crippen molar-refractivity contribution in [1.29, 1.82) is 0 Å². The minimum absolute atomic E-state index is 0.00396.